The van der Waals surface area contributed by atoms with E-state index >= 15 is 0 Å². The predicted octanol–water partition coefficient (Wildman–Crippen LogP) is 5.15. The first-order valence-corrected chi connectivity index (χ1v) is 8.55. The number of hydrogen-bond acceptors (Lipinski definition) is 4. The van der Waals surface area contributed by atoms with Gasteiger partial charge in [0.25, 0.3) is 0 Å². The molecule has 0 saturated heterocycles. The Morgan fingerprint density at radius 3 is 2.54 bits per heavy atom. The van der Waals surface area contributed by atoms with Gasteiger partial charge in [-0.3, -0.25) is 0 Å². The summed E-state index contributed by atoms with van der Waals surface area (Å²) in [5, 5.41) is 7.49. The van der Waals surface area contributed by atoms with Crippen molar-refractivity contribution in [1.82, 2.24) is 14.6 Å². The summed E-state index contributed by atoms with van der Waals surface area (Å²) in [6.45, 7) is 2.09. The number of aromatic nitrogens is 3. The fraction of sp³-hybridized carbons (Fsp3) is 0.368. The molecule has 122 valence electrons. The van der Waals surface area contributed by atoms with E-state index in [9.17, 15) is 4.91 Å². The molecule has 1 saturated carbocycles. The van der Waals surface area contributed by atoms with Gasteiger partial charge in [-0.1, -0.05) is 49.1 Å². The molecule has 0 amide bonds. The van der Waals surface area contributed by atoms with Gasteiger partial charge in [0, 0.05) is 17.7 Å². The number of nitroso groups, excluding NO2 is 1. The summed E-state index contributed by atoms with van der Waals surface area (Å²) in [4.78, 5) is 15.5. The SMILES string of the molecule is Cc1ccc(-c2cnc3c(N=O)cnn3c2C2CCCCC2)cc1. The largest absolute Gasteiger partial charge is 0.234 e. The lowest BCUT2D eigenvalue weighted by Gasteiger charge is -2.24. The van der Waals surface area contributed by atoms with Crippen LogP contribution in [0.25, 0.3) is 16.8 Å². The van der Waals surface area contributed by atoms with Crippen molar-refractivity contribution < 1.29 is 0 Å². The molecule has 0 radical (unpaired) electrons. The van der Waals surface area contributed by atoms with Crippen LogP contribution >= 0.6 is 0 Å². The highest BCUT2D eigenvalue weighted by Crippen LogP contribution is 2.38. The average Bonchev–Trinajstić information content (AvgIpc) is 3.05. The van der Waals surface area contributed by atoms with Crippen molar-refractivity contribution in [3.63, 3.8) is 0 Å². The van der Waals surface area contributed by atoms with Gasteiger partial charge in [0.05, 0.1) is 11.9 Å². The highest BCUT2D eigenvalue weighted by atomic mass is 16.3. The van der Waals surface area contributed by atoms with Crippen molar-refractivity contribution in [2.24, 2.45) is 5.18 Å². The summed E-state index contributed by atoms with van der Waals surface area (Å²) in [6.07, 6.45) is 9.47. The summed E-state index contributed by atoms with van der Waals surface area (Å²) in [6, 6.07) is 8.50. The first-order valence-electron chi connectivity index (χ1n) is 8.55. The maximum absolute atomic E-state index is 11.0. The minimum absolute atomic E-state index is 0.308. The molecule has 1 aromatic carbocycles. The van der Waals surface area contributed by atoms with E-state index in [2.05, 4.69) is 46.4 Å². The maximum Gasteiger partial charge on any atom is 0.184 e. The monoisotopic (exact) mass is 320 g/mol. The number of hydrogen-bond donors (Lipinski definition) is 0. The third-order valence-electron chi connectivity index (χ3n) is 5.00. The Labute approximate surface area is 140 Å². The number of nitrogens with zero attached hydrogens (tertiary/aromatic N) is 4. The molecule has 0 N–H and O–H groups in total. The molecular weight excluding hydrogens is 300 g/mol. The lowest BCUT2D eigenvalue weighted by Crippen LogP contribution is -2.12. The first-order chi connectivity index (χ1) is 11.8. The zero-order valence-corrected chi connectivity index (χ0v) is 13.8. The Morgan fingerprint density at radius 1 is 1.08 bits per heavy atom. The Hall–Kier alpha value is -2.56. The number of fused-ring (bicyclic) bond motifs is 1. The summed E-state index contributed by atoms with van der Waals surface area (Å²) in [5.74, 6) is 0.444. The van der Waals surface area contributed by atoms with Crippen LogP contribution in [-0.4, -0.2) is 14.6 Å². The minimum atomic E-state index is 0.308. The number of rotatable bonds is 3. The number of benzene rings is 1. The molecule has 4 rings (SSSR count). The van der Waals surface area contributed by atoms with Gasteiger partial charge >= 0.3 is 0 Å². The van der Waals surface area contributed by atoms with E-state index in [0.29, 0.717) is 17.3 Å². The smallest absolute Gasteiger partial charge is 0.184 e. The standard InChI is InChI=1S/C19H20N4O/c1-13-7-9-14(10-8-13)16-11-20-19-17(22-24)12-21-23(19)18(16)15-5-3-2-4-6-15/h7-12,15H,2-6H2,1H3. The molecule has 0 unspecified atom stereocenters. The van der Waals surface area contributed by atoms with E-state index in [1.165, 1.54) is 36.7 Å². The van der Waals surface area contributed by atoms with Gasteiger partial charge in [-0.15, -0.1) is 4.91 Å². The zero-order chi connectivity index (χ0) is 16.5. The van der Waals surface area contributed by atoms with Gasteiger partial charge in [0.1, 0.15) is 0 Å². The first kappa shape index (κ1) is 15.0. The van der Waals surface area contributed by atoms with Crippen molar-refractivity contribution in [2.75, 3.05) is 0 Å². The van der Waals surface area contributed by atoms with E-state index < -0.39 is 0 Å². The van der Waals surface area contributed by atoms with Gasteiger partial charge < -0.3 is 0 Å². The average molecular weight is 320 g/mol. The Kier molecular flexibility index (Phi) is 3.84. The second-order valence-electron chi connectivity index (χ2n) is 6.61. The minimum Gasteiger partial charge on any atom is -0.234 e. The third-order valence-corrected chi connectivity index (χ3v) is 5.00. The van der Waals surface area contributed by atoms with Crippen molar-refractivity contribution in [3.05, 3.63) is 52.8 Å². The normalized spacial score (nSPS) is 15.7. The van der Waals surface area contributed by atoms with E-state index in [0.717, 1.165) is 24.0 Å². The number of aryl methyl sites for hydroxylation is 1. The van der Waals surface area contributed by atoms with Crippen LogP contribution in [0.1, 0.15) is 49.3 Å². The molecule has 1 aliphatic rings. The molecule has 2 aromatic heterocycles. The van der Waals surface area contributed by atoms with Crippen LogP contribution in [0.15, 0.2) is 41.8 Å². The molecule has 24 heavy (non-hydrogen) atoms. The quantitative estimate of drug-likeness (QED) is 0.627. The Morgan fingerprint density at radius 2 is 1.83 bits per heavy atom. The molecule has 0 spiro atoms. The van der Waals surface area contributed by atoms with Crippen LogP contribution in [-0.2, 0) is 0 Å². The predicted molar refractivity (Wildman–Crippen MR) is 94.4 cm³/mol. The highest BCUT2D eigenvalue weighted by molar-refractivity contribution is 5.71. The van der Waals surface area contributed by atoms with E-state index in [-0.39, 0.29) is 0 Å². The summed E-state index contributed by atoms with van der Waals surface area (Å²) >= 11 is 0. The lowest BCUT2D eigenvalue weighted by atomic mass is 9.84. The zero-order valence-electron chi connectivity index (χ0n) is 13.8. The second-order valence-corrected chi connectivity index (χ2v) is 6.61. The molecular formula is C19H20N4O. The van der Waals surface area contributed by atoms with Crippen molar-refractivity contribution in [2.45, 2.75) is 44.9 Å². The van der Waals surface area contributed by atoms with Gasteiger partial charge in [-0.2, -0.15) is 5.10 Å². The van der Waals surface area contributed by atoms with Crippen LogP contribution in [0.2, 0.25) is 0 Å². The molecule has 1 aliphatic carbocycles. The molecule has 2 heterocycles. The van der Waals surface area contributed by atoms with E-state index in [1.807, 2.05) is 10.7 Å². The van der Waals surface area contributed by atoms with Crippen molar-refractivity contribution in [3.8, 4) is 11.1 Å². The van der Waals surface area contributed by atoms with Gasteiger partial charge in [-0.25, -0.2) is 9.50 Å². The highest BCUT2D eigenvalue weighted by Gasteiger charge is 2.24. The van der Waals surface area contributed by atoms with Gasteiger partial charge in [0.15, 0.2) is 11.3 Å². The van der Waals surface area contributed by atoms with Crippen LogP contribution in [0.3, 0.4) is 0 Å². The van der Waals surface area contributed by atoms with Gasteiger partial charge in [0.2, 0.25) is 0 Å². The summed E-state index contributed by atoms with van der Waals surface area (Å²) in [5.41, 5.74) is 5.52. The van der Waals surface area contributed by atoms with Crippen LogP contribution in [0.4, 0.5) is 5.69 Å². The van der Waals surface area contributed by atoms with E-state index in [1.54, 1.807) is 0 Å². The Balaban J connectivity index is 1.94. The van der Waals surface area contributed by atoms with Crippen molar-refractivity contribution in [1.29, 1.82) is 0 Å². The van der Waals surface area contributed by atoms with Gasteiger partial charge in [-0.05, 0) is 30.5 Å². The molecule has 0 atom stereocenters. The fourth-order valence-corrected chi connectivity index (χ4v) is 3.73. The van der Waals surface area contributed by atoms with Crippen LogP contribution in [0.5, 0.6) is 0 Å². The van der Waals surface area contributed by atoms with Crippen LogP contribution < -0.4 is 0 Å². The topological polar surface area (TPSA) is 59.6 Å². The fourth-order valence-electron chi connectivity index (χ4n) is 3.73. The molecule has 0 bridgehead atoms. The maximum atomic E-state index is 11.0. The molecule has 1 fully saturated rings. The van der Waals surface area contributed by atoms with E-state index in [4.69, 9.17) is 0 Å². The van der Waals surface area contributed by atoms with Crippen molar-refractivity contribution >= 4 is 11.3 Å². The molecule has 3 aromatic rings. The molecule has 5 nitrogen and oxygen atoms in total. The summed E-state index contributed by atoms with van der Waals surface area (Å²) in [7, 11) is 0. The Bertz CT molecular complexity index is 876. The third kappa shape index (κ3) is 2.50. The lowest BCUT2D eigenvalue weighted by molar-refractivity contribution is 0.431. The second kappa shape index (κ2) is 6.15. The summed E-state index contributed by atoms with van der Waals surface area (Å²) < 4.78 is 1.84. The molecule has 0 aliphatic heterocycles. The van der Waals surface area contributed by atoms with Crippen LogP contribution in [0, 0.1) is 11.8 Å². The molecule has 5 heteroatoms.